The van der Waals surface area contributed by atoms with Crippen LogP contribution >= 0.6 is 11.6 Å². The Morgan fingerprint density at radius 3 is 2.35 bits per heavy atom. The van der Waals surface area contributed by atoms with E-state index >= 15 is 0 Å². The summed E-state index contributed by atoms with van der Waals surface area (Å²) in [6.07, 6.45) is 2.78. The third-order valence-corrected chi connectivity index (χ3v) is 2.61. The summed E-state index contributed by atoms with van der Waals surface area (Å²) in [5, 5.41) is 0.511. The summed E-state index contributed by atoms with van der Waals surface area (Å²) in [5.41, 5.74) is 2.16. The Morgan fingerprint density at radius 1 is 1.06 bits per heavy atom. The molecular formula is C14H14ClNO. The first-order valence-electron chi connectivity index (χ1n) is 5.64. The smallest absolute Gasteiger partial charge is 0.129 e. The van der Waals surface area contributed by atoms with Crippen LogP contribution in [0.25, 0.3) is 11.1 Å². The van der Waals surface area contributed by atoms with Crippen molar-refractivity contribution >= 4 is 11.6 Å². The van der Waals surface area contributed by atoms with Crippen molar-refractivity contribution in [2.45, 2.75) is 13.3 Å². The SMILES string of the molecule is CCCOc1ccc(-c2ccc(Cl)nc2)cc1. The van der Waals surface area contributed by atoms with Crippen LogP contribution in [0, 0.1) is 0 Å². The third-order valence-electron chi connectivity index (χ3n) is 2.39. The molecule has 1 aromatic heterocycles. The van der Waals surface area contributed by atoms with Gasteiger partial charge in [-0.05, 0) is 36.2 Å². The highest BCUT2D eigenvalue weighted by atomic mass is 35.5. The Labute approximate surface area is 106 Å². The molecule has 2 nitrogen and oxygen atoms in total. The first kappa shape index (κ1) is 11.9. The van der Waals surface area contributed by atoms with Crippen molar-refractivity contribution in [2.75, 3.05) is 6.61 Å². The van der Waals surface area contributed by atoms with Gasteiger partial charge in [0.15, 0.2) is 0 Å². The summed E-state index contributed by atoms with van der Waals surface area (Å²) < 4.78 is 5.53. The number of benzene rings is 1. The quantitative estimate of drug-likeness (QED) is 0.756. The van der Waals surface area contributed by atoms with Crippen LogP contribution in [0.2, 0.25) is 5.15 Å². The Morgan fingerprint density at radius 2 is 1.76 bits per heavy atom. The lowest BCUT2D eigenvalue weighted by atomic mass is 10.1. The average molecular weight is 248 g/mol. The molecule has 0 aliphatic carbocycles. The number of halogens is 1. The van der Waals surface area contributed by atoms with Gasteiger partial charge < -0.3 is 4.74 Å². The lowest BCUT2D eigenvalue weighted by molar-refractivity contribution is 0.317. The molecule has 0 atom stereocenters. The normalized spacial score (nSPS) is 10.2. The highest BCUT2D eigenvalue weighted by Gasteiger charge is 1.99. The second-order valence-electron chi connectivity index (χ2n) is 3.74. The number of hydrogen-bond acceptors (Lipinski definition) is 2. The molecule has 0 spiro atoms. The molecule has 17 heavy (non-hydrogen) atoms. The fourth-order valence-corrected chi connectivity index (χ4v) is 1.62. The number of pyridine rings is 1. The van der Waals surface area contributed by atoms with Gasteiger partial charge in [-0.3, -0.25) is 0 Å². The zero-order valence-electron chi connectivity index (χ0n) is 9.69. The van der Waals surface area contributed by atoms with Crippen LogP contribution in [0.15, 0.2) is 42.6 Å². The molecule has 88 valence electrons. The fraction of sp³-hybridized carbons (Fsp3) is 0.214. The molecule has 3 heteroatoms. The molecule has 0 fully saturated rings. The number of nitrogens with zero attached hydrogens (tertiary/aromatic N) is 1. The van der Waals surface area contributed by atoms with Crippen molar-refractivity contribution in [2.24, 2.45) is 0 Å². The van der Waals surface area contributed by atoms with E-state index in [4.69, 9.17) is 16.3 Å². The minimum Gasteiger partial charge on any atom is -0.494 e. The molecule has 2 rings (SSSR count). The Hall–Kier alpha value is -1.54. The minimum atomic E-state index is 0.511. The Balaban J connectivity index is 2.14. The molecule has 0 radical (unpaired) electrons. The van der Waals surface area contributed by atoms with Crippen molar-refractivity contribution in [1.29, 1.82) is 0 Å². The second kappa shape index (κ2) is 5.69. The van der Waals surface area contributed by atoms with Crippen molar-refractivity contribution in [3.63, 3.8) is 0 Å². The van der Waals surface area contributed by atoms with E-state index in [0.29, 0.717) is 5.15 Å². The predicted molar refractivity (Wildman–Crippen MR) is 70.5 cm³/mol. The zero-order valence-corrected chi connectivity index (χ0v) is 10.4. The van der Waals surface area contributed by atoms with Crippen LogP contribution in [-0.2, 0) is 0 Å². The molecule has 0 saturated heterocycles. The Kier molecular flexibility index (Phi) is 3.99. The molecule has 0 N–H and O–H groups in total. The highest BCUT2D eigenvalue weighted by molar-refractivity contribution is 6.29. The van der Waals surface area contributed by atoms with Crippen LogP contribution in [0.3, 0.4) is 0 Å². The standard InChI is InChI=1S/C14H14ClNO/c1-2-9-17-13-6-3-11(4-7-13)12-5-8-14(15)16-10-12/h3-8,10H,2,9H2,1H3. The summed E-state index contributed by atoms with van der Waals surface area (Å²) in [6, 6.07) is 11.7. The van der Waals surface area contributed by atoms with E-state index in [2.05, 4.69) is 11.9 Å². The monoisotopic (exact) mass is 247 g/mol. The number of aromatic nitrogens is 1. The van der Waals surface area contributed by atoms with E-state index in [1.807, 2.05) is 30.3 Å². The van der Waals surface area contributed by atoms with Crippen LogP contribution < -0.4 is 4.74 Å². The summed E-state index contributed by atoms with van der Waals surface area (Å²) >= 11 is 5.75. The van der Waals surface area contributed by atoms with E-state index in [1.165, 1.54) is 0 Å². The van der Waals surface area contributed by atoms with Gasteiger partial charge in [0, 0.05) is 11.8 Å². The van der Waals surface area contributed by atoms with Gasteiger partial charge in [-0.15, -0.1) is 0 Å². The van der Waals surface area contributed by atoms with Crippen LogP contribution in [-0.4, -0.2) is 11.6 Å². The van der Waals surface area contributed by atoms with Crippen LogP contribution in [0.1, 0.15) is 13.3 Å². The molecule has 0 aliphatic heterocycles. The first-order valence-corrected chi connectivity index (χ1v) is 6.02. The van der Waals surface area contributed by atoms with Gasteiger partial charge in [0.2, 0.25) is 0 Å². The third kappa shape index (κ3) is 3.21. The summed E-state index contributed by atoms with van der Waals surface area (Å²) in [6.45, 7) is 2.84. The molecule has 0 aliphatic rings. The largest absolute Gasteiger partial charge is 0.494 e. The second-order valence-corrected chi connectivity index (χ2v) is 4.13. The van der Waals surface area contributed by atoms with Gasteiger partial charge in [0.05, 0.1) is 6.61 Å². The molecule has 0 unspecified atom stereocenters. The van der Waals surface area contributed by atoms with Crippen molar-refractivity contribution < 1.29 is 4.74 Å². The van der Waals surface area contributed by atoms with Gasteiger partial charge in [0.25, 0.3) is 0 Å². The van der Waals surface area contributed by atoms with Gasteiger partial charge >= 0.3 is 0 Å². The summed E-state index contributed by atoms with van der Waals surface area (Å²) in [7, 11) is 0. The van der Waals surface area contributed by atoms with E-state index in [1.54, 1.807) is 12.3 Å². The van der Waals surface area contributed by atoms with Crippen molar-refractivity contribution in [1.82, 2.24) is 4.98 Å². The highest BCUT2D eigenvalue weighted by Crippen LogP contribution is 2.22. The van der Waals surface area contributed by atoms with E-state index in [0.717, 1.165) is 29.9 Å². The molecule has 0 saturated carbocycles. The minimum absolute atomic E-state index is 0.511. The molecule has 2 aromatic rings. The van der Waals surface area contributed by atoms with Gasteiger partial charge in [-0.25, -0.2) is 4.98 Å². The number of rotatable bonds is 4. The van der Waals surface area contributed by atoms with Gasteiger partial charge in [-0.2, -0.15) is 0 Å². The van der Waals surface area contributed by atoms with Crippen molar-refractivity contribution in [3.8, 4) is 16.9 Å². The Bertz CT molecular complexity index is 465. The average Bonchev–Trinajstić information content (AvgIpc) is 2.38. The molecule has 1 heterocycles. The van der Waals surface area contributed by atoms with E-state index in [-0.39, 0.29) is 0 Å². The zero-order chi connectivity index (χ0) is 12.1. The van der Waals surface area contributed by atoms with Crippen molar-refractivity contribution in [3.05, 3.63) is 47.7 Å². The first-order chi connectivity index (χ1) is 8.29. The number of hydrogen-bond donors (Lipinski definition) is 0. The predicted octanol–water partition coefficient (Wildman–Crippen LogP) is 4.19. The maximum Gasteiger partial charge on any atom is 0.129 e. The molecule has 0 bridgehead atoms. The maximum atomic E-state index is 5.75. The molecular weight excluding hydrogens is 234 g/mol. The van der Waals surface area contributed by atoms with Gasteiger partial charge in [0.1, 0.15) is 10.9 Å². The van der Waals surface area contributed by atoms with E-state index in [9.17, 15) is 0 Å². The van der Waals surface area contributed by atoms with Gasteiger partial charge in [-0.1, -0.05) is 30.7 Å². The number of ether oxygens (including phenoxy) is 1. The van der Waals surface area contributed by atoms with E-state index < -0.39 is 0 Å². The topological polar surface area (TPSA) is 22.1 Å². The summed E-state index contributed by atoms with van der Waals surface area (Å²) in [5.74, 6) is 0.900. The van der Waals surface area contributed by atoms with Crippen LogP contribution in [0.4, 0.5) is 0 Å². The molecule has 0 amide bonds. The molecule has 1 aromatic carbocycles. The lowest BCUT2D eigenvalue weighted by Gasteiger charge is -2.06. The lowest BCUT2D eigenvalue weighted by Crippen LogP contribution is -1.94. The maximum absolute atomic E-state index is 5.75. The van der Waals surface area contributed by atoms with Crippen LogP contribution in [0.5, 0.6) is 5.75 Å². The summed E-state index contributed by atoms with van der Waals surface area (Å²) in [4.78, 5) is 4.06. The fourth-order valence-electron chi connectivity index (χ4n) is 1.51.